The summed E-state index contributed by atoms with van der Waals surface area (Å²) in [5.74, 6) is -0.0201. The summed E-state index contributed by atoms with van der Waals surface area (Å²) in [6, 6.07) is 6.99. The van der Waals surface area contributed by atoms with Crippen LogP contribution in [0.1, 0.15) is 25.8 Å². The van der Waals surface area contributed by atoms with Crippen LogP contribution in [-0.2, 0) is 21.2 Å². The average molecular weight is 415 g/mol. The Morgan fingerprint density at radius 3 is 2.44 bits per heavy atom. The van der Waals surface area contributed by atoms with Crippen molar-refractivity contribution in [3.8, 4) is 0 Å². The molecule has 3 rings (SSSR count). The number of halogens is 1. The fourth-order valence-corrected chi connectivity index (χ4v) is 6.30. The van der Waals surface area contributed by atoms with Crippen LogP contribution < -0.4 is 10.9 Å². The van der Waals surface area contributed by atoms with Gasteiger partial charge in [-0.15, -0.1) is 0 Å². The number of sulfonamides is 1. The maximum absolute atomic E-state index is 13.1. The molecule has 1 amide bonds. The summed E-state index contributed by atoms with van der Waals surface area (Å²) in [7, 11) is -3.45. The third-order valence-corrected chi connectivity index (χ3v) is 8.29. The van der Waals surface area contributed by atoms with Gasteiger partial charge in [-0.05, 0) is 31.9 Å². The fraction of sp³-hybridized carbons (Fsp3) is 0.611. The molecule has 150 valence electrons. The number of rotatable bonds is 4. The van der Waals surface area contributed by atoms with E-state index in [0.29, 0.717) is 37.6 Å². The van der Waals surface area contributed by atoms with Gasteiger partial charge in [-0.2, -0.15) is 4.31 Å². The molecular weight excluding hydrogens is 388 g/mol. The monoisotopic (exact) mass is 414 g/mol. The SMILES string of the molecule is CC1NNC(C)C1S(=O)(=O)N1CCCN(C(=O)Cc2ccccc2Cl)CC1. The predicted molar refractivity (Wildman–Crippen MR) is 106 cm³/mol. The van der Waals surface area contributed by atoms with Crippen molar-refractivity contribution in [2.24, 2.45) is 0 Å². The molecule has 0 radical (unpaired) electrons. The first-order valence-corrected chi connectivity index (χ1v) is 11.2. The first-order chi connectivity index (χ1) is 12.8. The van der Waals surface area contributed by atoms with Crippen molar-refractivity contribution in [3.63, 3.8) is 0 Å². The number of hydrogen-bond acceptors (Lipinski definition) is 5. The first kappa shape index (κ1) is 20.5. The van der Waals surface area contributed by atoms with Gasteiger partial charge in [0.05, 0.1) is 6.42 Å². The van der Waals surface area contributed by atoms with Gasteiger partial charge >= 0.3 is 0 Å². The molecule has 1 aromatic carbocycles. The summed E-state index contributed by atoms with van der Waals surface area (Å²) in [5, 5.41) is 0.0666. The van der Waals surface area contributed by atoms with Crippen LogP contribution in [0, 0.1) is 0 Å². The minimum atomic E-state index is -3.45. The van der Waals surface area contributed by atoms with Crippen LogP contribution >= 0.6 is 11.6 Å². The number of hydrogen-bond donors (Lipinski definition) is 2. The van der Waals surface area contributed by atoms with Gasteiger partial charge in [0.15, 0.2) is 0 Å². The summed E-state index contributed by atoms with van der Waals surface area (Å²) in [6.07, 6.45) is 0.862. The molecule has 2 heterocycles. The Hall–Kier alpha value is -1.19. The lowest BCUT2D eigenvalue weighted by Gasteiger charge is -2.27. The van der Waals surface area contributed by atoms with E-state index in [-0.39, 0.29) is 24.4 Å². The molecule has 0 saturated carbocycles. The molecule has 7 nitrogen and oxygen atoms in total. The van der Waals surface area contributed by atoms with Crippen LogP contribution in [0.15, 0.2) is 24.3 Å². The largest absolute Gasteiger partial charge is 0.341 e. The summed E-state index contributed by atoms with van der Waals surface area (Å²) < 4.78 is 27.7. The van der Waals surface area contributed by atoms with Gasteiger partial charge in [0.1, 0.15) is 5.25 Å². The Morgan fingerprint density at radius 1 is 1.11 bits per heavy atom. The number of amides is 1. The maximum Gasteiger partial charge on any atom is 0.227 e. The molecule has 9 heteroatoms. The van der Waals surface area contributed by atoms with Crippen molar-refractivity contribution < 1.29 is 13.2 Å². The summed E-state index contributed by atoms with van der Waals surface area (Å²) in [5.41, 5.74) is 6.81. The highest BCUT2D eigenvalue weighted by atomic mass is 35.5. The maximum atomic E-state index is 13.1. The van der Waals surface area contributed by atoms with Crippen LogP contribution in [0.3, 0.4) is 0 Å². The summed E-state index contributed by atoms with van der Waals surface area (Å²) >= 11 is 6.15. The molecule has 0 bridgehead atoms. The molecular formula is C18H27ClN4O3S. The number of carbonyl (C=O) groups excluding carboxylic acids is 1. The predicted octanol–water partition coefficient (Wildman–Crippen LogP) is 1.00. The van der Waals surface area contributed by atoms with E-state index in [1.54, 1.807) is 15.3 Å². The Balaban J connectivity index is 1.65. The van der Waals surface area contributed by atoms with E-state index in [1.807, 2.05) is 32.0 Å². The Labute approximate surface area is 166 Å². The van der Waals surface area contributed by atoms with Gasteiger partial charge in [0.25, 0.3) is 0 Å². The van der Waals surface area contributed by atoms with E-state index in [2.05, 4.69) is 10.9 Å². The number of benzene rings is 1. The molecule has 0 aliphatic carbocycles. The molecule has 0 aromatic heterocycles. The van der Waals surface area contributed by atoms with Crippen molar-refractivity contribution in [3.05, 3.63) is 34.9 Å². The van der Waals surface area contributed by atoms with Gasteiger partial charge < -0.3 is 4.90 Å². The lowest BCUT2D eigenvalue weighted by atomic mass is 10.1. The fourth-order valence-electron chi connectivity index (χ4n) is 3.86. The van der Waals surface area contributed by atoms with E-state index in [9.17, 15) is 13.2 Å². The van der Waals surface area contributed by atoms with E-state index < -0.39 is 15.3 Å². The van der Waals surface area contributed by atoms with Gasteiger partial charge in [-0.25, -0.2) is 8.42 Å². The average Bonchev–Trinajstić information content (AvgIpc) is 2.83. The van der Waals surface area contributed by atoms with E-state index in [0.717, 1.165) is 5.56 Å². The third kappa shape index (κ3) is 4.46. The van der Waals surface area contributed by atoms with Gasteiger partial charge in [-0.1, -0.05) is 29.8 Å². The minimum Gasteiger partial charge on any atom is -0.341 e. The lowest BCUT2D eigenvalue weighted by Crippen LogP contribution is -2.48. The van der Waals surface area contributed by atoms with Crippen molar-refractivity contribution >= 4 is 27.5 Å². The molecule has 1 aromatic rings. The number of carbonyl (C=O) groups is 1. The minimum absolute atomic E-state index is 0.0201. The number of hydrazine groups is 1. The number of nitrogens with zero attached hydrogens (tertiary/aromatic N) is 2. The second-order valence-electron chi connectivity index (χ2n) is 7.28. The third-order valence-electron chi connectivity index (χ3n) is 5.34. The Kier molecular flexibility index (Phi) is 6.43. The van der Waals surface area contributed by atoms with Gasteiger partial charge in [-0.3, -0.25) is 15.6 Å². The van der Waals surface area contributed by atoms with Crippen LogP contribution in [0.2, 0.25) is 5.02 Å². The summed E-state index contributed by atoms with van der Waals surface area (Å²) in [4.78, 5) is 14.4. The molecule has 2 aliphatic heterocycles. The Bertz CT molecular complexity index is 779. The molecule has 2 aliphatic rings. The van der Waals surface area contributed by atoms with Crippen molar-refractivity contribution in [1.82, 2.24) is 20.1 Å². The van der Waals surface area contributed by atoms with E-state index in [4.69, 9.17) is 11.6 Å². The lowest BCUT2D eigenvalue weighted by molar-refractivity contribution is -0.130. The zero-order valence-electron chi connectivity index (χ0n) is 15.7. The molecule has 2 unspecified atom stereocenters. The molecule has 2 atom stereocenters. The molecule has 0 spiro atoms. The van der Waals surface area contributed by atoms with Crippen molar-refractivity contribution in [2.75, 3.05) is 26.2 Å². The first-order valence-electron chi connectivity index (χ1n) is 9.32. The zero-order valence-corrected chi connectivity index (χ0v) is 17.3. The highest BCUT2D eigenvalue weighted by Gasteiger charge is 2.43. The second kappa shape index (κ2) is 8.45. The van der Waals surface area contributed by atoms with E-state index in [1.165, 1.54) is 0 Å². The number of nitrogens with one attached hydrogen (secondary N) is 2. The normalized spacial score (nSPS) is 27.5. The summed E-state index contributed by atoms with van der Waals surface area (Å²) in [6.45, 7) is 5.47. The highest BCUT2D eigenvalue weighted by molar-refractivity contribution is 7.89. The second-order valence-corrected chi connectivity index (χ2v) is 9.78. The highest BCUT2D eigenvalue weighted by Crippen LogP contribution is 2.22. The van der Waals surface area contributed by atoms with Crippen molar-refractivity contribution in [1.29, 1.82) is 0 Å². The standard InChI is InChI=1S/C18H27ClN4O3S/c1-13-18(14(2)21-20-13)27(25,26)23-9-5-8-22(10-11-23)17(24)12-15-6-3-4-7-16(15)19/h3-4,6-7,13-14,18,20-21H,5,8-12H2,1-2H3. The molecule has 2 N–H and O–H groups in total. The quantitative estimate of drug-likeness (QED) is 0.768. The molecule has 2 fully saturated rings. The topological polar surface area (TPSA) is 81.8 Å². The molecule has 27 heavy (non-hydrogen) atoms. The van der Waals surface area contributed by atoms with Crippen molar-refractivity contribution in [2.45, 2.75) is 44.0 Å². The van der Waals surface area contributed by atoms with Gasteiger partial charge in [0.2, 0.25) is 15.9 Å². The van der Waals surface area contributed by atoms with Crippen LogP contribution in [0.5, 0.6) is 0 Å². The van der Waals surface area contributed by atoms with Crippen LogP contribution in [0.25, 0.3) is 0 Å². The Morgan fingerprint density at radius 2 is 1.78 bits per heavy atom. The molecule has 2 saturated heterocycles. The van der Waals surface area contributed by atoms with E-state index >= 15 is 0 Å². The van der Waals surface area contributed by atoms with Crippen LogP contribution in [0.4, 0.5) is 0 Å². The van der Waals surface area contributed by atoms with Gasteiger partial charge in [0, 0.05) is 43.3 Å². The van der Waals surface area contributed by atoms with Crippen LogP contribution in [-0.4, -0.2) is 67.0 Å². The zero-order chi connectivity index (χ0) is 19.6. The smallest absolute Gasteiger partial charge is 0.227 e.